The Morgan fingerprint density at radius 2 is 1.89 bits per heavy atom. The van der Waals surface area contributed by atoms with Gasteiger partial charge >= 0.3 is 0 Å². The van der Waals surface area contributed by atoms with E-state index in [9.17, 15) is 4.79 Å². The van der Waals surface area contributed by atoms with E-state index in [0.717, 1.165) is 22.8 Å². The summed E-state index contributed by atoms with van der Waals surface area (Å²) in [6, 6.07) is 19.0. The molecule has 0 aliphatic carbocycles. The molecule has 3 aromatic heterocycles. The van der Waals surface area contributed by atoms with Crippen LogP contribution in [-0.2, 0) is 9.53 Å². The third-order valence-corrected chi connectivity index (χ3v) is 6.45. The maximum Gasteiger partial charge on any atom is 0.250 e. The van der Waals surface area contributed by atoms with E-state index in [2.05, 4.69) is 31.2 Å². The predicted molar refractivity (Wildman–Crippen MR) is 145 cm³/mol. The van der Waals surface area contributed by atoms with Crippen LogP contribution in [0.1, 0.15) is 23.5 Å². The van der Waals surface area contributed by atoms with E-state index in [0.29, 0.717) is 16.5 Å². The lowest BCUT2D eigenvalue weighted by atomic mass is 10.0. The Hall–Kier alpha value is -4.28. The third kappa shape index (κ3) is 4.89. The number of ether oxygens (including phenoxy) is 2. The molecule has 10 heteroatoms. The smallest absolute Gasteiger partial charge is 0.250 e. The molecule has 1 aromatic carbocycles. The van der Waals surface area contributed by atoms with E-state index < -0.39 is 0 Å². The Balaban J connectivity index is 1.62. The Bertz CT molecular complexity index is 1400. The molecule has 1 fully saturated rings. The van der Waals surface area contributed by atoms with Gasteiger partial charge in [-0.25, -0.2) is 0 Å². The zero-order chi connectivity index (χ0) is 25.8. The van der Waals surface area contributed by atoms with E-state index >= 15 is 0 Å². The molecule has 1 aliphatic rings. The van der Waals surface area contributed by atoms with Gasteiger partial charge in [-0.05, 0) is 66.8 Å². The number of carbonyl (C=O) groups is 1. The molecule has 0 radical (unpaired) electrons. The van der Waals surface area contributed by atoms with E-state index in [1.54, 1.807) is 25.7 Å². The van der Waals surface area contributed by atoms with Gasteiger partial charge < -0.3 is 29.6 Å². The molecule has 2 N–H and O–H groups in total. The number of rotatable bonds is 8. The molecule has 9 nitrogen and oxygen atoms in total. The average molecular weight is 515 g/mol. The highest BCUT2D eigenvalue weighted by Gasteiger charge is 2.42. The maximum absolute atomic E-state index is 12.3. The zero-order valence-corrected chi connectivity index (χ0v) is 21.2. The van der Waals surface area contributed by atoms with E-state index in [4.69, 9.17) is 21.7 Å². The molecular weight excluding hydrogens is 488 g/mol. The molecule has 1 amide bonds. The Labute approximate surface area is 220 Å². The molecule has 4 heterocycles. The summed E-state index contributed by atoms with van der Waals surface area (Å²) in [6.45, 7) is -0.0686. The minimum absolute atomic E-state index is 0.0686. The molecular formula is C27H26N6O3S. The van der Waals surface area contributed by atoms with Gasteiger partial charge in [0.25, 0.3) is 0 Å². The molecule has 37 heavy (non-hydrogen) atoms. The van der Waals surface area contributed by atoms with Gasteiger partial charge in [-0.1, -0.05) is 6.07 Å². The normalized spacial score (nSPS) is 16.9. The van der Waals surface area contributed by atoms with Crippen molar-refractivity contribution in [3.05, 3.63) is 96.8 Å². The minimum atomic E-state index is -0.283. The fourth-order valence-corrected chi connectivity index (χ4v) is 4.92. The molecule has 2 atom stereocenters. The number of anilines is 2. The minimum Gasteiger partial charge on any atom is -0.495 e. The maximum atomic E-state index is 12.3. The Kier molecular flexibility index (Phi) is 7.11. The number of nitrogens with one attached hydrogen (secondary N) is 2. The molecule has 188 valence electrons. The standard InChI is InChI=1S/C27H26N6O3S/c1-35-17-24(34)30-21-16-19(8-9-23(21)36-2)33-26(25(31-27(33)37)20-6-3-4-12-29-20)22-7-5-15-32(22)18-10-13-28-14-11-18/h3-16,25-26H,17H2,1-2H3,(H,30,34)(H,31,37). The van der Waals surface area contributed by atoms with Gasteiger partial charge in [0, 0.05) is 49.0 Å². The summed E-state index contributed by atoms with van der Waals surface area (Å²) in [5.74, 6) is 0.249. The van der Waals surface area contributed by atoms with Crippen LogP contribution in [0.4, 0.5) is 11.4 Å². The van der Waals surface area contributed by atoms with Crippen molar-refractivity contribution in [2.24, 2.45) is 0 Å². The van der Waals surface area contributed by atoms with Crippen LogP contribution in [0.25, 0.3) is 5.69 Å². The lowest BCUT2D eigenvalue weighted by molar-refractivity contribution is -0.119. The summed E-state index contributed by atoms with van der Waals surface area (Å²) in [6.07, 6.45) is 7.33. The van der Waals surface area contributed by atoms with Crippen LogP contribution >= 0.6 is 12.2 Å². The number of thiocarbonyl (C=S) groups is 1. The fourth-order valence-electron chi connectivity index (χ4n) is 4.57. The highest BCUT2D eigenvalue weighted by atomic mass is 32.1. The number of amides is 1. The number of hydrogen-bond acceptors (Lipinski definition) is 6. The third-order valence-electron chi connectivity index (χ3n) is 6.13. The van der Waals surface area contributed by atoms with E-state index in [1.165, 1.54) is 7.11 Å². The second-order valence-corrected chi connectivity index (χ2v) is 8.76. The van der Waals surface area contributed by atoms with Crippen molar-refractivity contribution in [2.75, 3.05) is 31.0 Å². The van der Waals surface area contributed by atoms with Gasteiger partial charge in [-0.3, -0.25) is 14.8 Å². The van der Waals surface area contributed by atoms with Crippen molar-refractivity contribution in [1.82, 2.24) is 19.9 Å². The fraction of sp³-hybridized carbons (Fsp3) is 0.185. The molecule has 4 aromatic rings. The first-order chi connectivity index (χ1) is 18.1. The van der Waals surface area contributed by atoms with Gasteiger partial charge in [-0.15, -0.1) is 0 Å². The lowest BCUT2D eigenvalue weighted by Gasteiger charge is -2.29. The molecule has 1 aliphatic heterocycles. The number of hydrogen-bond donors (Lipinski definition) is 2. The summed E-state index contributed by atoms with van der Waals surface area (Å²) >= 11 is 5.87. The van der Waals surface area contributed by atoms with Crippen molar-refractivity contribution < 1.29 is 14.3 Å². The lowest BCUT2D eigenvalue weighted by Crippen LogP contribution is -2.30. The number of benzene rings is 1. The van der Waals surface area contributed by atoms with Crippen molar-refractivity contribution in [3.63, 3.8) is 0 Å². The van der Waals surface area contributed by atoms with Crippen LogP contribution < -0.4 is 20.3 Å². The van der Waals surface area contributed by atoms with Gasteiger partial charge in [0.1, 0.15) is 18.4 Å². The van der Waals surface area contributed by atoms with Crippen LogP contribution in [0.2, 0.25) is 0 Å². The summed E-state index contributed by atoms with van der Waals surface area (Å²) in [7, 11) is 3.03. The van der Waals surface area contributed by atoms with Crippen LogP contribution in [0.3, 0.4) is 0 Å². The Morgan fingerprint density at radius 3 is 2.62 bits per heavy atom. The van der Waals surface area contributed by atoms with Gasteiger partial charge in [0.15, 0.2) is 5.11 Å². The number of pyridine rings is 2. The van der Waals surface area contributed by atoms with Gasteiger partial charge in [0.05, 0.1) is 24.5 Å². The molecule has 2 unspecified atom stereocenters. The zero-order valence-electron chi connectivity index (χ0n) is 20.4. The number of aromatic nitrogens is 3. The monoisotopic (exact) mass is 514 g/mol. The first-order valence-corrected chi connectivity index (χ1v) is 12.1. The summed E-state index contributed by atoms with van der Waals surface area (Å²) < 4.78 is 12.6. The van der Waals surface area contributed by atoms with Crippen molar-refractivity contribution in [1.29, 1.82) is 0 Å². The second kappa shape index (κ2) is 10.8. The van der Waals surface area contributed by atoms with Crippen molar-refractivity contribution >= 4 is 34.6 Å². The first-order valence-electron chi connectivity index (χ1n) is 11.7. The molecule has 0 spiro atoms. The van der Waals surface area contributed by atoms with Gasteiger partial charge in [0.2, 0.25) is 5.91 Å². The largest absolute Gasteiger partial charge is 0.495 e. The van der Waals surface area contributed by atoms with Crippen LogP contribution in [0, 0.1) is 0 Å². The predicted octanol–water partition coefficient (Wildman–Crippen LogP) is 4.04. The van der Waals surface area contributed by atoms with Crippen molar-refractivity contribution in [3.8, 4) is 11.4 Å². The first kappa shape index (κ1) is 24.4. The second-order valence-electron chi connectivity index (χ2n) is 8.37. The SMILES string of the molecule is COCC(=O)Nc1cc(N2C(=S)NC(c3ccccn3)C2c2cccn2-c2ccncc2)ccc1OC. The van der Waals surface area contributed by atoms with E-state index in [1.807, 2.05) is 65.7 Å². The number of nitrogens with zero attached hydrogens (tertiary/aromatic N) is 4. The highest BCUT2D eigenvalue weighted by Crippen LogP contribution is 2.43. The van der Waals surface area contributed by atoms with Crippen LogP contribution in [-0.4, -0.2) is 46.4 Å². The summed E-state index contributed by atoms with van der Waals surface area (Å²) in [5.41, 5.74) is 4.16. The average Bonchev–Trinajstić information content (AvgIpc) is 3.54. The Morgan fingerprint density at radius 1 is 1.05 bits per heavy atom. The quantitative estimate of drug-likeness (QED) is 0.341. The topological polar surface area (TPSA) is 93.5 Å². The number of methoxy groups -OCH3 is 2. The van der Waals surface area contributed by atoms with E-state index in [-0.39, 0.29) is 24.6 Å². The molecule has 0 bridgehead atoms. The molecule has 1 saturated heterocycles. The number of carbonyl (C=O) groups excluding carboxylic acids is 1. The molecule has 5 rings (SSSR count). The summed E-state index contributed by atoms with van der Waals surface area (Å²) in [5, 5.41) is 6.89. The highest BCUT2D eigenvalue weighted by molar-refractivity contribution is 7.80. The van der Waals surface area contributed by atoms with Crippen LogP contribution in [0.15, 0.2) is 85.5 Å². The molecule has 0 saturated carbocycles. The van der Waals surface area contributed by atoms with Crippen LogP contribution in [0.5, 0.6) is 5.75 Å². The van der Waals surface area contributed by atoms with Gasteiger partial charge in [-0.2, -0.15) is 0 Å². The summed E-state index contributed by atoms with van der Waals surface area (Å²) in [4.78, 5) is 23.1. The van der Waals surface area contributed by atoms with Crippen molar-refractivity contribution in [2.45, 2.75) is 12.1 Å².